The van der Waals surface area contributed by atoms with Crippen molar-refractivity contribution in [2.45, 2.75) is 44.8 Å². The van der Waals surface area contributed by atoms with E-state index in [1.807, 2.05) is 49.4 Å². The number of fused-ring (bicyclic) bond motifs is 1. The van der Waals surface area contributed by atoms with Crippen LogP contribution in [0.4, 0.5) is 5.95 Å². The van der Waals surface area contributed by atoms with Crippen molar-refractivity contribution in [3.05, 3.63) is 101 Å². The van der Waals surface area contributed by atoms with Gasteiger partial charge in [-0.2, -0.15) is 0 Å². The van der Waals surface area contributed by atoms with Gasteiger partial charge in [-0.15, -0.1) is 0 Å². The van der Waals surface area contributed by atoms with Crippen molar-refractivity contribution in [2.75, 3.05) is 18.0 Å². The maximum Gasteiger partial charge on any atom is 0.250 e. The molecule has 4 amide bonds. The van der Waals surface area contributed by atoms with Crippen LogP contribution in [0.1, 0.15) is 37.4 Å². The van der Waals surface area contributed by atoms with Gasteiger partial charge in [0, 0.05) is 43.3 Å². The van der Waals surface area contributed by atoms with E-state index in [0.29, 0.717) is 17.0 Å². The number of nitrogens with two attached hydrogens (primary N) is 1. The molecule has 1 saturated heterocycles. The van der Waals surface area contributed by atoms with Crippen molar-refractivity contribution in [2.24, 2.45) is 5.73 Å². The third-order valence-electron chi connectivity index (χ3n) is 7.98. The second kappa shape index (κ2) is 13.2. The molecule has 1 fully saturated rings. The van der Waals surface area contributed by atoms with Crippen LogP contribution in [0.25, 0.3) is 10.8 Å². The number of rotatable bonds is 8. The molecule has 0 spiro atoms. The molecule has 1 aromatic heterocycles. The molecular weight excluding hydrogens is 580 g/mol. The second-order valence-corrected chi connectivity index (χ2v) is 11.3. The predicted molar refractivity (Wildman–Crippen MR) is 168 cm³/mol. The van der Waals surface area contributed by atoms with Gasteiger partial charge in [-0.25, -0.2) is 9.97 Å². The first-order valence-corrected chi connectivity index (χ1v) is 14.7. The Hall–Kier alpha value is -4.83. The summed E-state index contributed by atoms with van der Waals surface area (Å²) in [4.78, 5) is 66.7. The number of amides is 4. The quantitative estimate of drug-likeness (QED) is 0.321. The first-order valence-electron chi connectivity index (χ1n) is 14.3. The monoisotopic (exact) mass is 612 g/mol. The second-order valence-electron chi connectivity index (χ2n) is 10.8. The molecule has 3 unspecified atom stereocenters. The van der Waals surface area contributed by atoms with E-state index < -0.39 is 41.8 Å². The number of anilines is 1. The predicted octanol–water partition coefficient (Wildman–Crippen LogP) is 3.92. The highest BCUT2D eigenvalue weighted by atomic mass is 35.5. The van der Waals surface area contributed by atoms with Crippen molar-refractivity contribution in [1.29, 1.82) is 0 Å². The number of primary amides is 1. The molecule has 2 N–H and O–H groups in total. The third-order valence-corrected chi connectivity index (χ3v) is 8.21. The van der Waals surface area contributed by atoms with Crippen LogP contribution in [0.5, 0.6) is 0 Å². The lowest BCUT2D eigenvalue weighted by Gasteiger charge is -2.36. The van der Waals surface area contributed by atoms with Crippen LogP contribution < -0.4 is 10.6 Å². The minimum absolute atomic E-state index is 0.0759. The molecule has 3 aromatic carbocycles. The van der Waals surface area contributed by atoms with Gasteiger partial charge in [0.25, 0.3) is 5.91 Å². The molecule has 2 heterocycles. The average molecular weight is 613 g/mol. The van der Waals surface area contributed by atoms with Crippen molar-refractivity contribution in [3.8, 4) is 0 Å². The van der Waals surface area contributed by atoms with E-state index in [0.717, 1.165) is 16.3 Å². The Morgan fingerprint density at radius 1 is 1.02 bits per heavy atom. The summed E-state index contributed by atoms with van der Waals surface area (Å²) < 4.78 is 0. The van der Waals surface area contributed by atoms with Crippen LogP contribution in [-0.4, -0.2) is 68.6 Å². The van der Waals surface area contributed by atoms with Crippen molar-refractivity contribution in [1.82, 2.24) is 19.8 Å². The summed E-state index contributed by atoms with van der Waals surface area (Å²) >= 11 is 6.36. The van der Waals surface area contributed by atoms with Gasteiger partial charge in [-0.05, 0) is 53.4 Å². The van der Waals surface area contributed by atoms with Crippen LogP contribution in [0, 0.1) is 0 Å². The fourth-order valence-electron chi connectivity index (χ4n) is 5.80. The molecule has 0 aliphatic carbocycles. The Kier molecular flexibility index (Phi) is 9.20. The number of hydrogen-bond acceptors (Lipinski definition) is 6. The molecule has 1 aliphatic heterocycles. The van der Waals surface area contributed by atoms with Crippen LogP contribution in [0.2, 0.25) is 5.02 Å². The van der Waals surface area contributed by atoms with Crippen molar-refractivity contribution < 1.29 is 19.2 Å². The Labute approximate surface area is 260 Å². The fraction of sp³-hybridized carbons (Fsp3) is 0.273. The van der Waals surface area contributed by atoms with Gasteiger partial charge in [0.2, 0.25) is 23.7 Å². The molecule has 11 heteroatoms. The van der Waals surface area contributed by atoms with Gasteiger partial charge in [0.05, 0.1) is 0 Å². The minimum atomic E-state index is -1.13. The van der Waals surface area contributed by atoms with Gasteiger partial charge in [-0.1, -0.05) is 66.2 Å². The molecule has 0 saturated carbocycles. The highest BCUT2D eigenvalue weighted by Crippen LogP contribution is 2.33. The zero-order valence-corrected chi connectivity index (χ0v) is 25.2. The highest BCUT2D eigenvalue weighted by molar-refractivity contribution is 6.30. The van der Waals surface area contributed by atoms with E-state index in [2.05, 4.69) is 9.97 Å². The average Bonchev–Trinajstić information content (AvgIpc) is 3.14. The van der Waals surface area contributed by atoms with E-state index in [-0.39, 0.29) is 25.5 Å². The largest absolute Gasteiger partial charge is 0.368 e. The summed E-state index contributed by atoms with van der Waals surface area (Å²) in [5, 5.41) is 2.36. The molecule has 4 aromatic rings. The zero-order chi connectivity index (χ0) is 31.4. The van der Waals surface area contributed by atoms with E-state index in [1.165, 1.54) is 34.0 Å². The van der Waals surface area contributed by atoms with Crippen molar-refractivity contribution >= 4 is 52.0 Å². The highest BCUT2D eigenvalue weighted by Gasteiger charge is 2.43. The van der Waals surface area contributed by atoms with E-state index in [1.54, 1.807) is 30.3 Å². The first kappa shape index (κ1) is 30.6. The smallest absolute Gasteiger partial charge is 0.250 e. The number of aromatic nitrogens is 2. The Bertz CT molecular complexity index is 1700. The minimum Gasteiger partial charge on any atom is -0.368 e. The van der Waals surface area contributed by atoms with Gasteiger partial charge in [0.1, 0.15) is 18.6 Å². The molecule has 44 heavy (non-hydrogen) atoms. The molecule has 226 valence electrons. The Morgan fingerprint density at radius 2 is 1.73 bits per heavy atom. The maximum absolute atomic E-state index is 14.6. The third kappa shape index (κ3) is 6.40. The molecule has 0 radical (unpaired) electrons. The van der Waals surface area contributed by atoms with Gasteiger partial charge >= 0.3 is 0 Å². The van der Waals surface area contributed by atoms with Crippen LogP contribution in [0.15, 0.2) is 85.2 Å². The normalized spacial score (nSPS) is 17.7. The van der Waals surface area contributed by atoms with E-state index >= 15 is 0 Å². The van der Waals surface area contributed by atoms with Gasteiger partial charge in [0.15, 0.2) is 0 Å². The van der Waals surface area contributed by atoms with Crippen LogP contribution >= 0.6 is 11.6 Å². The van der Waals surface area contributed by atoms with Gasteiger partial charge < -0.3 is 15.5 Å². The molecular formula is C33H33ClN6O4. The summed E-state index contributed by atoms with van der Waals surface area (Å²) in [6.45, 7) is 2.97. The summed E-state index contributed by atoms with van der Waals surface area (Å²) in [5.41, 5.74) is 7.34. The SMILES string of the molecule is CC(=O)N(CC(=O)N1C(C)CCN(C(Cc2cccc3ccccc23)C(N)=O)C(=O)C1c1cccc(Cl)c1)c1ncccn1. The Balaban J connectivity index is 1.54. The number of carbonyl (C=O) groups excluding carboxylic acids is 4. The van der Waals surface area contributed by atoms with E-state index in [9.17, 15) is 19.2 Å². The summed E-state index contributed by atoms with van der Waals surface area (Å²) in [6.07, 6.45) is 3.53. The van der Waals surface area contributed by atoms with Crippen molar-refractivity contribution in [3.63, 3.8) is 0 Å². The lowest BCUT2D eigenvalue weighted by Crippen LogP contribution is -2.53. The number of nitrogens with zero attached hydrogens (tertiary/aromatic N) is 5. The molecule has 5 rings (SSSR count). The number of halogens is 1. The summed E-state index contributed by atoms with van der Waals surface area (Å²) in [6, 6.07) is 19.4. The first-order chi connectivity index (χ1) is 21.2. The Morgan fingerprint density at radius 3 is 2.43 bits per heavy atom. The number of hydrogen-bond donors (Lipinski definition) is 1. The van der Waals surface area contributed by atoms with Gasteiger partial charge in [-0.3, -0.25) is 24.1 Å². The van der Waals surface area contributed by atoms with Crippen LogP contribution in [-0.2, 0) is 25.6 Å². The standard InChI is InChI=1S/C33H33ClN6O4/c1-21-14-17-38(28(31(35)43)19-24-10-5-9-23-8-3-4-13-27(23)24)32(44)30(25-11-6-12-26(34)18-25)40(21)29(42)20-39(22(2)41)33-36-15-7-16-37-33/h3-13,15-16,18,21,28,30H,14,17,19-20H2,1-2H3,(H2,35,43). The number of benzene rings is 3. The summed E-state index contributed by atoms with van der Waals surface area (Å²) in [7, 11) is 0. The summed E-state index contributed by atoms with van der Waals surface area (Å²) in [5.74, 6) is -1.94. The molecule has 0 bridgehead atoms. The number of carbonyl (C=O) groups is 4. The van der Waals surface area contributed by atoms with E-state index in [4.69, 9.17) is 17.3 Å². The molecule has 3 atom stereocenters. The maximum atomic E-state index is 14.6. The fourth-order valence-corrected chi connectivity index (χ4v) is 6.00. The topological polar surface area (TPSA) is 130 Å². The van der Waals surface area contributed by atoms with Crippen LogP contribution in [0.3, 0.4) is 0 Å². The molecule has 10 nitrogen and oxygen atoms in total. The zero-order valence-electron chi connectivity index (χ0n) is 24.5. The molecule has 1 aliphatic rings. The lowest BCUT2D eigenvalue weighted by atomic mass is 9.96. The lowest BCUT2D eigenvalue weighted by molar-refractivity contribution is -0.148.